The van der Waals surface area contributed by atoms with E-state index in [0.717, 1.165) is 6.54 Å². The Hall–Kier alpha value is -0.860. The lowest BCUT2D eigenvalue weighted by Crippen LogP contribution is -2.32. The fourth-order valence-electron chi connectivity index (χ4n) is 2.87. The predicted octanol–water partition coefficient (Wildman–Crippen LogP) is 2.71. The van der Waals surface area contributed by atoms with E-state index in [9.17, 15) is 0 Å². The van der Waals surface area contributed by atoms with E-state index in [-0.39, 0.29) is 0 Å². The zero-order chi connectivity index (χ0) is 12.4. The highest BCUT2D eigenvalue weighted by molar-refractivity contribution is 5.38. The third-order valence-corrected chi connectivity index (χ3v) is 4.05. The molecule has 1 aromatic carbocycles. The molecule has 1 aromatic rings. The number of benzene rings is 1. The molecule has 2 heteroatoms. The fraction of sp³-hybridized carbons (Fsp3) is 0.600. The van der Waals surface area contributed by atoms with E-state index < -0.39 is 0 Å². The second-order valence-corrected chi connectivity index (χ2v) is 5.29. The van der Waals surface area contributed by atoms with Crippen LogP contribution in [-0.4, -0.2) is 24.5 Å². The van der Waals surface area contributed by atoms with Crippen molar-refractivity contribution >= 4 is 0 Å². The van der Waals surface area contributed by atoms with Gasteiger partial charge in [-0.05, 0) is 69.0 Å². The van der Waals surface area contributed by atoms with E-state index in [0.29, 0.717) is 6.04 Å². The molecular formula is C15H24N2. The molecule has 0 radical (unpaired) electrons. The molecule has 1 aliphatic rings. The molecule has 1 atom stereocenters. The van der Waals surface area contributed by atoms with E-state index in [1.807, 2.05) is 0 Å². The molecule has 1 saturated heterocycles. The van der Waals surface area contributed by atoms with Gasteiger partial charge in [0.25, 0.3) is 0 Å². The summed E-state index contributed by atoms with van der Waals surface area (Å²) in [6.07, 6.45) is 2.64. The topological polar surface area (TPSA) is 29.3 Å². The van der Waals surface area contributed by atoms with Crippen LogP contribution >= 0.6 is 0 Å². The lowest BCUT2D eigenvalue weighted by molar-refractivity contribution is 0.250. The minimum Gasteiger partial charge on any atom is -0.329 e. The van der Waals surface area contributed by atoms with E-state index >= 15 is 0 Å². The third-order valence-electron chi connectivity index (χ3n) is 4.05. The van der Waals surface area contributed by atoms with Gasteiger partial charge in [-0.25, -0.2) is 0 Å². The first-order valence-electron chi connectivity index (χ1n) is 6.65. The Bertz CT molecular complexity index is 392. The van der Waals surface area contributed by atoms with Crippen LogP contribution < -0.4 is 5.73 Å². The molecule has 17 heavy (non-hydrogen) atoms. The van der Waals surface area contributed by atoms with Crippen LogP contribution in [0.25, 0.3) is 0 Å². The molecule has 0 aromatic heterocycles. The summed E-state index contributed by atoms with van der Waals surface area (Å²) in [5.74, 6) is 0. The Balaban J connectivity index is 2.32. The number of nitrogens with two attached hydrogens (primary N) is 1. The Labute approximate surface area is 105 Å². The Morgan fingerprint density at radius 3 is 2.24 bits per heavy atom. The number of hydrogen-bond acceptors (Lipinski definition) is 2. The second kappa shape index (κ2) is 5.19. The molecule has 94 valence electrons. The lowest BCUT2D eigenvalue weighted by atomic mass is 9.95. The second-order valence-electron chi connectivity index (χ2n) is 5.29. The number of rotatable bonds is 3. The minimum absolute atomic E-state index is 0.414. The van der Waals surface area contributed by atoms with Crippen LogP contribution in [0.1, 0.15) is 41.1 Å². The highest BCUT2D eigenvalue weighted by Crippen LogP contribution is 2.28. The van der Waals surface area contributed by atoms with E-state index in [1.54, 1.807) is 0 Å². The zero-order valence-corrected chi connectivity index (χ0v) is 11.3. The van der Waals surface area contributed by atoms with Crippen molar-refractivity contribution in [3.05, 3.63) is 34.4 Å². The summed E-state index contributed by atoms with van der Waals surface area (Å²) in [6.45, 7) is 9.71. The van der Waals surface area contributed by atoms with Crippen LogP contribution in [-0.2, 0) is 0 Å². The molecule has 1 unspecified atom stereocenters. The van der Waals surface area contributed by atoms with Crippen LogP contribution in [0, 0.1) is 20.8 Å². The standard InChI is InChI=1S/C15H24N2/c1-11-8-13(3)14(9-12(11)2)15(10-16)17-6-4-5-7-17/h8-9,15H,4-7,10,16H2,1-3H3. The van der Waals surface area contributed by atoms with Gasteiger partial charge in [0.1, 0.15) is 0 Å². The molecule has 2 rings (SSSR count). The van der Waals surface area contributed by atoms with E-state index in [1.165, 1.54) is 48.2 Å². The van der Waals surface area contributed by atoms with Crippen LogP contribution in [0.3, 0.4) is 0 Å². The minimum atomic E-state index is 0.414. The molecule has 0 saturated carbocycles. The molecule has 2 N–H and O–H groups in total. The maximum absolute atomic E-state index is 6.00. The van der Waals surface area contributed by atoms with Crippen molar-refractivity contribution < 1.29 is 0 Å². The van der Waals surface area contributed by atoms with Crippen molar-refractivity contribution in [2.75, 3.05) is 19.6 Å². The summed E-state index contributed by atoms with van der Waals surface area (Å²) in [4.78, 5) is 2.54. The van der Waals surface area contributed by atoms with E-state index in [2.05, 4.69) is 37.8 Å². The molecule has 0 bridgehead atoms. The van der Waals surface area contributed by atoms with Gasteiger partial charge in [0.2, 0.25) is 0 Å². The summed E-state index contributed by atoms with van der Waals surface area (Å²) >= 11 is 0. The largest absolute Gasteiger partial charge is 0.329 e. The summed E-state index contributed by atoms with van der Waals surface area (Å²) in [5, 5.41) is 0. The van der Waals surface area contributed by atoms with E-state index in [4.69, 9.17) is 5.73 Å². The smallest absolute Gasteiger partial charge is 0.0473 e. The Kier molecular flexibility index (Phi) is 3.85. The third kappa shape index (κ3) is 2.53. The predicted molar refractivity (Wildman–Crippen MR) is 73.3 cm³/mol. The van der Waals surface area contributed by atoms with Gasteiger partial charge in [0, 0.05) is 12.6 Å². The number of nitrogens with zero attached hydrogens (tertiary/aromatic N) is 1. The van der Waals surface area contributed by atoms with Crippen molar-refractivity contribution in [3.63, 3.8) is 0 Å². The molecule has 0 aliphatic carbocycles. The maximum atomic E-state index is 6.00. The summed E-state index contributed by atoms with van der Waals surface area (Å²) in [5.41, 5.74) is 11.6. The quantitative estimate of drug-likeness (QED) is 0.868. The zero-order valence-electron chi connectivity index (χ0n) is 11.3. The molecular weight excluding hydrogens is 208 g/mol. The van der Waals surface area contributed by atoms with Crippen molar-refractivity contribution in [2.45, 2.75) is 39.7 Å². The Morgan fingerprint density at radius 2 is 1.65 bits per heavy atom. The molecule has 1 fully saturated rings. The van der Waals surface area contributed by atoms with Crippen LogP contribution in [0.15, 0.2) is 12.1 Å². The monoisotopic (exact) mass is 232 g/mol. The average molecular weight is 232 g/mol. The normalized spacial score (nSPS) is 18.6. The highest BCUT2D eigenvalue weighted by Gasteiger charge is 2.23. The first kappa shape index (κ1) is 12.6. The first-order valence-corrected chi connectivity index (χ1v) is 6.65. The molecule has 2 nitrogen and oxygen atoms in total. The van der Waals surface area contributed by atoms with Gasteiger partial charge < -0.3 is 5.73 Å². The average Bonchev–Trinajstić information content (AvgIpc) is 2.80. The summed E-state index contributed by atoms with van der Waals surface area (Å²) in [7, 11) is 0. The Morgan fingerprint density at radius 1 is 1.06 bits per heavy atom. The van der Waals surface area contributed by atoms with Crippen LogP contribution in [0.2, 0.25) is 0 Å². The SMILES string of the molecule is Cc1cc(C)c(C(CN)N2CCCC2)cc1C. The molecule has 1 aliphatic heterocycles. The van der Waals surface area contributed by atoms with Crippen molar-refractivity contribution in [1.29, 1.82) is 0 Å². The van der Waals surface area contributed by atoms with Crippen LogP contribution in [0.4, 0.5) is 0 Å². The summed E-state index contributed by atoms with van der Waals surface area (Å²) in [6, 6.07) is 5.04. The van der Waals surface area contributed by atoms with Gasteiger partial charge in [-0.1, -0.05) is 12.1 Å². The van der Waals surface area contributed by atoms with Gasteiger partial charge in [-0.15, -0.1) is 0 Å². The number of aryl methyl sites for hydroxylation is 3. The molecule has 0 spiro atoms. The summed E-state index contributed by atoms with van der Waals surface area (Å²) < 4.78 is 0. The number of hydrogen-bond donors (Lipinski definition) is 1. The van der Waals surface area contributed by atoms with Gasteiger partial charge in [0.05, 0.1) is 0 Å². The molecule has 0 amide bonds. The lowest BCUT2D eigenvalue weighted by Gasteiger charge is -2.28. The van der Waals surface area contributed by atoms with Crippen molar-refractivity contribution in [1.82, 2.24) is 4.90 Å². The highest BCUT2D eigenvalue weighted by atomic mass is 15.2. The fourth-order valence-corrected chi connectivity index (χ4v) is 2.87. The first-order chi connectivity index (χ1) is 8.13. The van der Waals surface area contributed by atoms with Crippen LogP contribution in [0.5, 0.6) is 0 Å². The van der Waals surface area contributed by atoms with Gasteiger partial charge in [-0.2, -0.15) is 0 Å². The maximum Gasteiger partial charge on any atom is 0.0473 e. The van der Waals surface area contributed by atoms with Gasteiger partial charge in [-0.3, -0.25) is 4.90 Å². The molecule has 1 heterocycles. The number of likely N-dealkylation sites (tertiary alicyclic amines) is 1. The van der Waals surface area contributed by atoms with Crippen molar-refractivity contribution in [2.24, 2.45) is 5.73 Å². The van der Waals surface area contributed by atoms with Crippen molar-refractivity contribution in [3.8, 4) is 0 Å². The van der Waals surface area contributed by atoms with Gasteiger partial charge >= 0.3 is 0 Å². The van der Waals surface area contributed by atoms with Gasteiger partial charge in [0.15, 0.2) is 0 Å².